The number of ether oxygens (including phenoxy) is 2. The zero-order valence-electron chi connectivity index (χ0n) is 15.5. The Labute approximate surface area is 166 Å². The molecule has 1 aromatic carbocycles. The molecule has 2 aromatic heterocycles. The Bertz CT molecular complexity index is 949. The Morgan fingerprint density at radius 1 is 1.00 bits per heavy atom. The van der Waals surface area contributed by atoms with Crippen molar-refractivity contribution in [3.05, 3.63) is 59.4 Å². The highest BCUT2D eigenvalue weighted by Crippen LogP contribution is 2.31. The minimum absolute atomic E-state index is 0.202. The fourth-order valence-electron chi connectivity index (χ4n) is 2.44. The lowest BCUT2D eigenvalue weighted by molar-refractivity contribution is 0.0995. The topological polar surface area (TPSA) is 89.8 Å². The molecule has 7 nitrogen and oxygen atoms in total. The number of rotatable bonds is 8. The van der Waals surface area contributed by atoms with E-state index in [2.05, 4.69) is 10.6 Å². The lowest BCUT2D eigenvalue weighted by Gasteiger charge is -2.13. The highest BCUT2D eigenvalue weighted by atomic mass is 32.1. The largest absolute Gasteiger partial charge is 0.494 e. The summed E-state index contributed by atoms with van der Waals surface area (Å²) in [6, 6.07) is 11.8. The van der Waals surface area contributed by atoms with Gasteiger partial charge in [-0.1, -0.05) is 0 Å². The van der Waals surface area contributed by atoms with Crippen molar-refractivity contribution in [2.45, 2.75) is 13.8 Å². The molecule has 0 saturated heterocycles. The van der Waals surface area contributed by atoms with E-state index >= 15 is 0 Å². The van der Waals surface area contributed by atoms with Gasteiger partial charge >= 0.3 is 0 Å². The average molecular weight is 400 g/mol. The Morgan fingerprint density at radius 3 is 2.54 bits per heavy atom. The van der Waals surface area contributed by atoms with Gasteiger partial charge in [0, 0.05) is 6.07 Å². The first-order valence-corrected chi connectivity index (χ1v) is 9.58. The van der Waals surface area contributed by atoms with Crippen molar-refractivity contribution >= 4 is 33.8 Å². The van der Waals surface area contributed by atoms with E-state index in [0.717, 1.165) is 11.3 Å². The Kier molecular flexibility index (Phi) is 6.33. The second-order valence-corrected chi connectivity index (χ2v) is 6.66. The molecule has 2 amide bonds. The molecular formula is C20H20N2O5S. The number of amides is 2. The van der Waals surface area contributed by atoms with Crippen LogP contribution in [0.25, 0.3) is 0 Å². The van der Waals surface area contributed by atoms with Crippen LogP contribution in [0.5, 0.6) is 11.5 Å². The standard InChI is InChI=1S/C20H20N2O5S/c1-3-25-13-7-8-15(26-4-2)14(12-13)21-20(24)17-9-10-18(28-17)22-19(23)16-6-5-11-27-16/h5-12H,3-4H2,1-2H3,(H,21,24)(H,22,23). The Hall–Kier alpha value is -3.26. The van der Waals surface area contributed by atoms with Gasteiger partial charge in [0.15, 0.2) is 5.76 Å². The Morgan fingerprint density at radius 2 is 1.82 bits per heavy atom. The molecule has 0 saturated carbocycles. The molecule has 0 unspecified atom stereocenters. The molecule has 3 rings (SSSR count). The maximum Gasteiger partial charge on any atom is 0.291 e. The molecule has 2 N–H and O–H groups in total. The van der Waals surface area contributed by atoms with E-state index in [1.165, 1.54) is 6.26 Å². The molecule has 0 bridgehead atoms. The van der Waals surface area contributed by atoms with E-state index in [9.17, 15) is 9.59 Å². The highest BCUT2D eigenvalue weighted by molar-refractivity contribution is 7.18. The van der Waals surface area contributed by atoms with Gasteiger partial charge in [-0.2, -0.15) is 0 Å². The second kappa shape index (κ2) is 9.09. The van der Waals surface area contributed by atoms with Gasteiger partial charge in [0.05, 0.1) is 35.0 Å². The van der Waals surface area contributed by atoms with E-state index < -0.39 is 0 Å². The summed E-state index contributed by atoms with van der Waals surface area (Å²) in [6.07, 6.45) is 1.43. The van der Waals surface area contributed by atoms with Crippen molar-refractivity contribution in [1.82, 2.24) is 0 Å². The van der Waals surface area contributed by atoms with Gasteiger partial charge in [0.1, 0.15) is 11.5 Å². The van der Waals surface area contributed by atoms with Gasteiger partial charge < -0.3 is 24.5 Å². The van der Waals surface area contributed by atoms with Crippen LogP contribution in [-0.4, -0.2) is 25.0 Å². The molecule has 0 aliphatic heterocycles. The zero-order chi connectivity index (χ0) is 19.9. The minimum Gasteiger partial charge on any atom is -0.494 e. The van der Waals surface area contributed by atoms with Crippen LogP contribution in [0.15, 0.2) is 53.1 Å². The number of carbonyl (C=O) groups excluding carboxylic acids is 2. The van der Waals surface area contributed by atoms with Crippen LogP contribution < -0.4 is 20.1 Å². The van der Waals surface area contributed by atoms with Crippen molar-refractivity contribution in [1.29, 1.82) is 0 Å². The highest BCUT2D eigenvalue weighted by Gasteiger charge is 2.15. The summed E-state index contributed by atoms with van der Waals surface area (Å²) < 4.78 is 16.1. The van der Waals surface area contributed by atoms with Gasteiger partial charge in [0.2, 0.25) is 0 Å². The Balaban J connectivity index is 1.72. The van der Waals surface area contributed by atoms with Gasteiger partial charge in [-0.15, -0.1) is 11.3 Å². The molecule has 0 fully saturated rings. The lowest BCUT2D eigenvalue weighted by Crippen LogP contribution is -2.12. The van der Waals surface area contributed by atoms with E-state index in [-0.39, 0.29) is 17.6 Å². The first-order valence-electron chi connectivity index (χ1n) is 8.76. The summed E-state index contributed by atoms with van der Waals surface area (Å²) in [4.78, 5) is 25.1. The summed E-state index contributed by atoms with van der Waals surface area (Å²) in [6.45, 7) is 4.75. The zero-order valence-corrected chi connectivity index (χ0v) is 16.3. The molecule has 146 valence electrons. The van der Waals surface area contributed by atoms with Crippen molar-refractivity contribution in [2.24, 2.45) is 0 Å². The van der Waals surface area contributed by atoms with Crippen LogP contribution >= 0.6 is 11.3 Å². The SMILES string of the molecule is CCOc1ccc(OCC)c(NC(=O)c2ccc(NC(=O)c3ccco3)s2)c1. The van der Waals surface area contributed by atoms with Crippen molar-refractivity contribution in [2.75, 3.05) is 23.8 Å². The summed E-state index contributed by atoms with van der Waals surface area (Å²) in [7, 11) is 0. The number of anilines is 2. The molecule has 28 heavy (non-hydrogen) atoms. The first-order chi connectivity index (χ1) is 13.6. The third kappa shape index (κ3) is 4.72. The van der Waals surface area contributed by atoms with Crippen LogP contribution in [0.4, 0.5) is 10.7 Å². The summed E-state index contributed by atoms with van der Waals surface area (Å²) in [5.74, 6) is 0.717. The number of hydrogen-bond donors (Lipinski definition) is 2. The third-order valence-corrected chi connectivity index (χ3v) is 4.62. The maximum absolute atomic E-state index is 12.6. The lowest BCUT2D eigenvalue weighted by atomic mass is 10.2. The number of hydrogen-bond acceptors (Lipinski definition) is 6. The maximum atomic E-state index is 12.6. The second-order valence-electron chi connectivity index (χ2n) is 5.57. The molecular weight excluding hydrogens is 380 g/mol. The average Bonchev–Trinajstić information content (AvgIpc) is 3.36. The van der Waals surface area contributed by atoms with Gasteiger partial charge in [-0.05, 0) is 50.2 Å². The van der Waals surface area contributed by atoms with Crippen LogP contribution in [0.2, 0.25) is 0 Å². The minimum atomic E-state index is -0.373. The van der Waals surface area contributed by atoms with Crippen LogP contribution in [0, 0.1) is 0 Å². The monoisotopic (exact) mass is 400 g/mol. The molecule has 8 heteroatoms. The molecule has 0 aliphatic carbocycles. The number of benzene rings is 1. The molecule has 0 aliphatic rings. The number of nitrogens with one attached hydrogen (secondary N) is 2. The van der Waals surface area contributed by atoms with Crippen LogP contribution in [0.1, 0.15) is 34.1 Å². The normalized spacial score (nSPS) is 10.4. The van der Waals surface area contributed by atoms with E-state index in [0.29, 0.717) is 40.3 Å². The van der Waals surface area contributed by atoms with Crippen molar-refractivity contribution in [3.63, 3.8) is 0 Å². The van der Waals surface area contributed by atoms with E-state index in [4.69, 9.17) is 13.9 Å². The fraction of sp³-hybridized carbons (Fsp3) is 0.200. The van der Waals surface area contributed by atoms with Gasteiger partial charge in [-0.25, -0.2) is 0 Å². The molecule has 3 aromatic rings. The third-order valence-electron chi connectivity index (χ3n) is 3.62. The molecule has 2 heterocycles. The fourth-order valence-corrected chi connectivity index (χ4v) is 3.23. The quantitative estimate of drug-likeness (QED) is 0.575. The number of carbonyl (C=O) groups is 2. The van der Waals surface area contributed by atoms with E-state index in [1.54, 1.807) is 42.5 Å². The first kappa shape index (κ1) is 19.5. The molecule has 0 radical (unpaired) electrons. The molecule has 0 spiro atoms. The molecule has 0 atom stereocenters. The van der Waals surface area contributed by atoms with Crippen molar-refractivity contribution < 1.29 is 23.5 Å². The predicted molar refractivity (Wildman–Crippen MR) is 108 cm³/mol. The summed E-state index contributed by atoms with van der Waals surface area (Å²) >= 11 is 1.16. The van der Waals surface area contributed by atoms with Gasteiger partial charge in [-0.3, -0.25) is 9.59 Å². The van der Waals surface area contributed by atoms with Crippen molar-refractivity contribution in [3.8, 4) is 11.5 Å². The van der Waals surface area contributed by atoms with E-state index in [1.807, 2.05) is 13.8 Å². The number of thiophene rings is 1. The summed E-state index contributed by atoms with van der Waals surface area (Å²) in [5.41, 5.74) is 0.521. The number of furan rings is 1. The van der Waals surface area contributed by atoms with Crippen LogP contribution in [0.3, 0.4) is 0 Å². The smallest absolute Gasteiger partial charge is 0.291 e. The summed E-state index contributed by atoms with van der Waals surface area (Å²) in [5, 5.41) is 6.08. The van der Waals surface area contributed by atoms with Crippen LogP contribution in [-0.2, 0) is 0 Å². The predicted octanol–water partition coefficient (Wildman–Crippen LogP) is 4.64. The van der Waals surface area contributed by atoms with Gasteiger partial charge in [0.25, 0.3) is 11.8 Å².